The first kappa shape index (κ1) is 19.0. The van der Waals surface area contributed by atoms with Gasteiger partial charge in [0.05, 0.1) is 0 Å². The summed E-state index contributed by atoms with van der Waals surface area (Å²) in [6.07, 6.45) is 1.06. The summed E-state index contributed by atoms with van der Waals surface area (Å²) in [7, 11) is 0. The number of carbonyl (C=O) groups excluding carboxylic acids is 2. The molecule has 0 aliphatic carbocycles. The molecule has 0 aliphatic rings. The molecule has 0 atom stereocenters. The van der Waals surface area contributed by atoms with Crippen molar-refractivity contribution in [1.82, 2.24) is 0 Å². The highest BCUT2D eigenvalue weighted by Gasteiger charge is 2.17. The van der Waals surface area contributed by atoms with Crippen molar-refractivity contribution in [2.75, 3.05) is 16.8 Å². The number of halogens is 1. The zero-order valence-electron chi connectivity index (χ0n) is 14.8. The summed E-state index contributed by atoms with van der Waals surface area (Å²) in [6, 6.07) is 13.2. The monoisotopic (exact) mass is 358 g/mol. The minimum Gasteiger partial charge on any atom is -0.326 e. The highest BCUT2D eigenvalue weighted by Crippen LogP contribution is 2.27. The molecule has 0 spiro atoms. The number of hydrogen-bond acceptors (Lipinski definition) is 2. The number of rotatable bonds is 6. The maximum absolute atomic E-state index is 12.3. The van der Waals surface area contributed by atoms with E-state index in [0.717, 1.165) is 28.9 Å². The molecule has 2 aromatic rings. The summed E-state index contributed by atoms with van der Waals surface area (Å²) in [5.41, 5.74) is 3.48. The third kappa shape index (κ3) is 4.83. The molecule has 0 saturated carbocycles. The van der Waals surface area contributed by atoms with Crippen molar-refractivity contribution in [2.24, 2.45) is 0 Å². The molecule has 2 aromatic carbocycles. The lowest BCUT2D eigenvalue weighted by molar-refractivity contribution is -0.117. The first-order chi connectivity index (χ1) is 11.9. The van der Waals surface area contributed by atoms with Gasteiger partial charge in [0.2, 0.25) is 11.8 Å². The Labute approximate surface area is 153 Å². The molecule has 0 saturated heterocycles. The highest BCUT2D eigenvalue weighted by molar-refractivity contribution is 6.31. The van der Waals surface area contributed by atoms with E-state index in [9.17, 15) is 9.59 Å². The van der Waals surface area contributed by atoms with Gasteiger partial charge in [0.15, 0.2) is 0 Å². The van der Waals surface area contributed by atoms with Crippen molar-refractivity contribution in [3.05, 3.63) is 58.6 Å². The second-order valence-corrected chi connectivity index (χ2v) is 6.27. The molecule has 25 heavy (non-hydrogen) atoms. The Balaban J connectivity index is 2.07. The van der Waals surface area contributed by atoms with E-state index >= 15 is 0 Å². The summed E-state index contributed by atoms with van der Waals surface area (Å²) >= 11 is 6.15. The first-order valence-corrected chi connectivity index (χ1v) is 8.72. The van der Waals surface area contributed by atoms with E-state index < -0.39 is 0 Å². The molecule has 0 fully saturated rings. The molecule has 0 aromatic heterocycles. The molecule has 4 nitrogen and oxygen atoms in total. The van der Waals surface area contributed by atoms with Gasteiger partial charge in [0.25, 0.3) is 0 Å². The van der Waals surface area contributed by atoms with Gasteiger partial charge in [-0.05, 0) is 42.7 Å². The molecule has 2 amide bonds. The van der Waals surface area contributed by atoms with Crippen molar-refractivity contribution < 1.29 is 9.59 Å². The molecule has 0 bridgehead atoms. The van der Waals surface area contributed by atoms with Gasteiger partial charge in [0, 0.05) is 36.3 Å². The van der Waals surface area contributed by atoms with Crippen molar-refractivity contribution in [2.45, 2.75) is 33.6 Å². The van der Waals surface area contributed by atoms with Crippen LogP contribution in [0.2, 0.25) is 5.02 Å². The largest absolute Gasteiger partial charge is 0.326 e. The average Bonchev–Trinajstić information content (AvgIpc) is 2.59. The van der Waals surface area contributed by atoms with Gasteiger partial charge < -0.3 is 10.2 Å². The topological polar surface area (TPSA) is 49.4 Å². The van der Waals surface area contributed by atoms with Crippen LogP contribution in [0.4, 0.5) is 11.4 Å². The van der Waals surface area contributed by atoms with E-state index in [1.165, 1.54) is 6.92 Å². The number of nitrogens with zero attached hydrogens (tertiary/aromatic N) is 1. The van der Waals surface area contributed by atoms with Crippen molar-refractivity contribution in [3.8, 4) is 0 Å². The van der Waals surface area contributed by atoms with Crippen LogP contribution in [0, 0.1) is 6.92 Å². The smallest absolute Gasteiger partial charge is 0.226 e. The molecule has 0 heterocycles. The van der Waals surface area contributed by atoms with E-state index in [2.05, 4.69) is 5.32 Å². The molecule has 132 valence electrons. The Bertz CT molecular complexity index is 774. The van der Waals surface area contributed by atoms with E-state index in [1.54, 1.807) is 17.0 Å². The predicted molar refractivity (Wildman–Crippen MR) is 103 cm³/mol. The van der Waals surface area contributed by atoms with Crippen molar-refractivity contribution >= 4 is 34.8 Å². The fourth-order valence-corrected chi connectivity index (χ4v) is 2.88. The van der Waals surface area contributed by atoms with Crippen LogP contribution in [0.25, 0.3) is 0 Å². The molecule has 0 aliphatic heterocycles. The number of para-hydroxylation sites is 1. The maximum Gasteiger partial charge on any atom is 0.226 e. The second-order valence-electron chi connectivity index (χ2n) is 5.86. The maximum atomic E-state index is 12.3. The Morgan fingerprint density at radius 3 is 2.52 bits per heavy atom. The van der Waals surface area contributed by atoms with E-state index in [1.807, 2.05) is 44.2 Å². The summed E-state index contributed by atoms with van der Waals surface area (Å²) in [5, 5.41) is 3.53. The van der Waals surface area contributed by atoms with Crippen molar-refractivity contribution in [1.29, 1.82) is 0 Å². The van der Waals surface area contributed by atoms with Gasteiger partial charge >= 0.3 is 0 Å². The summed E-state index contributed by atoms with van der Waals surface area (Å²) in [6.45, 7) is 5.71. The lowest BCUT2D eigenvalue weighted by Crippen LogP contribution is -2.32. The quantitative estimate of drug-likeness (QED) is 0.820. The van der Waals surface area contributed by atoms with Crippen LogP contribution in [0.5, 0.6) is 0 Å². The third-order valence-electron chi connectivity index (χ3n) is 4.14. The van der Waals surface area contributed by atoms with Crippen LogP contribution in [0.1, 0.15) is 31.4 Å². The fraction of sp³-hybridized carbons (Fsp3) is 0.300. The first-order valence-electron chi connectivity index (χ1n) is 8.35. The van der Waals surface area contributed by atoms with Crippen LogP contribution in [0.15, 0.2) is 42.5 Å². The zero-order valence-corrected chi connectivity index (χ0v) is 15.6. The minimum atomic E-state index is -0.119. The van der Waals surface area contributed by atoms with Crippen LogP contribution in [-0.4, -0.2) is 18.4 Å². The molecular formula is C20H23ClN2O2. The van der Waals surface area contributed by atoms with Gasteiger partial charge in [-0.25, -0.2) is 0 Å². The summed E-state index contributed by atoms with van der Waals surface area (Å²) < 4.78 is 0. The van der Waals surface area contributed by atoms with E-state index in [-0.39, 0.29) is 18.2 Å². The number of benzene rings is 2. The van der Waals surface area contributed by atoms with Crippen LogP contribution in [-0.2, 0) is 16.0 Å². The Kier molecular flexibility index (Phi) is 6.59. The Morgan fingerprint density at radius 2 is 1.84 bits per heavy atom. The SMILES string of the molecule is CCc1ccccc1NC(=O)CCN(C(C)=O)c1cccc(Cl)c1C. The van der Waals surface area contributed by atoms with Gasteiger partial charge in [-0.2, -0.15) is 0 Å². The number of carbonyl (C=O) groups is 2. The minimum absolute atomic E-state index is 0.118. The second kappa shape index (κ2) is 8.67. The van der Waals surface area contributed by atoms with Gasteiger partial charge in [-0.15, -0.1) is 0 Å². The van der Waals surface area contributed by atoms with Gasteiger partial charge in [0.1, 0.15) is 0 Å². The summed E-state index contributed by atoms with van der Waals surface area (Å²) in [4.78, 5) is 25.9. The Morgan fingerprint density at radius 1 is 1.12 bits per heavy atom. The van der Waals surface area contributed by atoms with Crippen LogP contribution in [0.3, 0.4) is 0 Å². The summed E-state index contributed by atoms with van der Waals surface area (Å²) in [5.74, 6) is -0.237. The van der Waals surface area contributed by atoms with E-state index in [0.29, 0.717) is 11.6 Å². The van der Waals surface area contributed by atoms with Crippen LogP contribution < -0.4 is 10.2 Å². The lowest BCUT2D eigenvalue weighted by atomic mass is 10.1. The molecule has 1 N–H and O–H groups in total. The molecule has 2 rings (SSSR count). The average molecular weight is 359 g/mol. The zero-order chi connectivity index (χ0) is 18.4. The fourth-order valence-electron chi connectivity index (χ4n) is 2.71. The van der Waals surface area contributed by atoms with Gasteiger partial charge in [-0.1, -0.05) is 42.8 Å². The number of hydrogen-bond donors (Lipinski definition) is 1. The Hall–Kier alpha value is -2.33. The van der Waals surface area contributed by atoms with E-state index in [4.69, 9.17) is 11.6 Å². The standard InChI is InChI=1S/C20H23ClN2O2/c1-4-16-8-5-6-10-18(16)22-20(25)12-13-23(15(3)24)19-11-7-9-17(21)14(19)2/h5-11H,4,12-13H2,1-3H3,(H,22,25). The molecule has 0 unspecified atom stereocenters. The predicted octanol–water partition coefficient (Wildman–Crippen LogP) is 4.59. The number of amides is 2. The lowest BCUT2D eigenvalue weighted by Gasteiger charge is -2.23. The highest BCUT2D eigenvalue weighted by atomic mass is 35.5. The molecular weight excluding hydrogens is 336 g/mol. The normalized spacial score (nSPS) is 10.4. The number of aryl methyl sites for hydroxylation is 1. The van der Waals surface area contributed by atoms with Crippen LogP contribution >= 0.6 is 11.6 Å². The van der Waals surface area contributed by atoms with Gasteiger partial charge in [-0.3, -0.25) is 9.59 Å². The molecule has 0 radical (unpaired) electrons. The van der Waals surface area contributed by atoms with Crippen molar-refractivity contribution in [3.63, 3.8) is 0 Å². The third-order valence-corrected chi connectivity index (χ3v) is 4.55. The number of anilines is 2. The number of nitrogens with one attached hydrogen (secondary N) is 1. The molecule has 5 heteroatoms.